The monoisotopic (exact) mass is 185 g/mol. The molecule has 0 radical (unpaired) electrons. The van der Waals surface area contributed by atoms with E-state index >= 15 is 0 Å². The molecule has 1 nitrogen and oxygen atoms in total. The van der Waals surface area contributed by atoms with Gasteiger partial charge in [0.2, 0.25) is 0 Å². The Morgan fingerprint density at radius 1 is 1.50 bits per heavy atom. The summed E-state index contributed by atoms with van der Waals surface area (Å²) in [6.45, 7) is 1.03. The Hall–Kier alpha value is -0.600. The minimum absolute atomic E-state index is 0.275. The summed E-state index contributed by atoms with van der Waals surface area (Å²) >= 11 is 5.86. The third kappa shape index (κ3) is 1.32. The van der Waals surface area contributed by atoms with Crippen molar-refractivity contribution in [3.8, 4) is 0 Å². The second kappa shape index (κ2) is 3.04. The molecule has 1 aliphatic rings. The van der Waals surface area contributed by atoms with Crippen LogP contribution in [0.4, 0.5) is 4.39 Å². The predicted molar refractivity (Wildman–Crippen MR) is 46.8 cm³/mol. The van der Waals surface area contributed by atoms with Crippen molar-refractivity contribution < 1.29 is 4.39 Å². The average Bonchev–Trinajstić information content (AvgIpc) is 1.91. The van der Waals surface area contributed by atoms with Gasteiger partial charge in [0.05, 0.1) is 0 Å². The fraction of sp³-hybridized carbons (Fsp3) is 0.333. The lowest BCUT2D eigenvalue weighted by Crippen LogP contribution is -2.35. The van der Waals surface area contributed by atoms with Gasteiger partial charge < -0.3 is 5.32 Å². The molecule has 1 aliphatic heterocycles. The lowest BCUT2D eigenvalue weighted by atomic mass is 9.98. The number of rotatable bonds is 1. The summed E-state index contributed by atoms with van der Waals surface area (Å²) in [6.07, 6.45) is 1.09. The van der Waals surface area contributed by atoms with Gasteiger partial charge in [0.1, 0.15) is 5.82 Å². The van der Waals surface area contributed by atoms with Crippen molar-refractivity contribution in [1.29, 1.82) is 0 Å². The average molecular weight is 186 g/mol. The summed E-state index contributed by atoms with van der Waals surface area (Å²) < 4.78 is 12.6. The molecule has 0 aliphatic carbocycles. The molecule has 1 saturated heterocycles. The molecule has 1 N–H and O–H groups in total. The van der Waals surface area contributed by atoms with Gasteiger partial charge in [0.25, 0.3) is 0 Å². The van der Waals surface area contributed by atoms with Crippen molar-refractivity contribution in [3.05, 3.63) is 34.6 Å². The van der Waals surface area contributed by atoms with E-state index in [4.69, 9.17) is 11.6 Å². The first-order valence-corrected chi connectivity index (χ1v) is 4.33. The quantitative estimate of drug-likeness (QED) is 0.709. The molecule has 0 amide bonds. The zero-order valence-electron chi connectivity index (χ0n) is 6.48. The van der Waals surface area contributed by atoms with Gasteiger partial charge in [-0.25, -0.2) is 4.39 Å². The van der Waals surface area contributed by atoms with Gasteiger partial charge in [-0.05, 0) is 30.7 Å². The zero-order valence-corrected chi connectivity index (χ0v) is 7.24. The van der Waals surface area contributed by atoms with E-state index in [2.05, 4.69) is 5.32 Å². The molecule has 0 bridgehead atoms. The van der Waals surface area contributed by atoms with Crippen LogP contribution in [0.1, 0.15) is 18.0 Å². The Labute approximate surface area is 75.5 Å². The summed E-state index contributed by atoms with van der Waals surface area (Å²) in [5.41, 5.74) is 1.00. The Kier molecular flexibility index (Phi) is 2.03. The Morgan fingerprint density at radius 3 is 2.75 bits per heavy atom. The van der Waals surface area contributed by atoms with E-state index in [1.807, 2.05) is 0 Å². The Morgan fingerprint density at radius 2 is 2.25 bits per heavy atom. The van der Waals surface area contributed by atoms with Crippen molar-refractivity contribution in [1.82, 2.24) is 5.32 Å². The van der Waals surface area contributed by atoms with Gasteiger partial charge in [-0.1, -0.05) is 17.7 Å². The molecule has 1 atom stereocenters. The highest BCUT2D eigenvalue weighted by molar-refractivity contribution is 6.31. The van der Waals surface area contributed by atoms with Crippen LogP contribution in [0.15, 0.2) is 18.2 Å². The summed E-state index contributed by atoms with van der Waals surface area (Å²) in [5, 5.41) is 3.74. The smallest absolute Gasteiger partial charge is 0.124 e. The standard InChI is InChI=1S/C9H9ClFN/c10-8-5-6(11)1-2-7(8)9-3-4-12-9/h1-2,5,9,12H,3-4H2/t9-/m1/s1. The highest BCUT2D eigenvalue weighted by atomic mass is 35.5. The SMILES string of the molecule is Fc1ccc([C@H]2CCN2)c(Cl)c1. The van der Waals surface area contributed by atoms with Crippen LogP contribution in [-0.4, -0.2) is 6.54 Å². The molecule has 1 aromatic carbocycles. The van der Waals surface area contributed by atoms with Gasteiger partial charge >= 0.3 is 0 Å². The van der Waals surface area contributed by atoms with E-state index in [1.54, 1.807) is 6.07 Å². The third-order valence-corrected chi connectivity index (χ3v) is 2.49. The van der Waals surface area contributed by atoms with Crippen molar-refractivity contribution in [2.45, 2.75) is 12.5 Å². The molecule has 2 rings (SSSR count). The minimum atomic E-state index is -0.275. The number of hydrogen-bond acceptors (Lipinski definition) is 1. The van der Waals surface area contributed by atoms with Crippen molar-refractivity contribution in [3.63, 3.8) is 0 Å². The fourth-order valence-electron chi connectivity index (χ4n) is 1.34. The number of nitrogens with one attached hydrogen (secondary N) is 1. The van der Waals surface area contributed by atoms with Gasteiger partial charge in [-0.2, -0.15) is 0 Å². The van der Waals surface area contributed by atoms with Crippen molar-refractivity contribution >= 4 is 11.6 Å². The zero-order chi connectivity index (χ0) is 8.55. The van der Waals surface area contributed by atoms with Gasteiger partial charge in [0, 0.05) is 11.1 Å². The highest BCUT2D eigenvalue weighted by Crippen LogP contribution is 2.29. The van der Waals surface area contributed by atoms with Crippen LogP contribution >= 0.6 is 11.6 Å². The maximum atomic E-state index is 12.6. The van der Waals surface area contributed by atoms with E-state index < -0.39 is 0 Å². The second-order valence-electron chi connectivity index (χ2n) is 2.96. The molecule has 64 valence electrons. The maximum absolute atomic E-state index is 12.6. The molecule has 0 unspecified atom stereocenters. The summed E-state index contributed by atoms with van der Waals surface area (Å²) in [4.78, 5) is 0. The molecule has 3 heteroatoms. The van der Waals surface area contributed by atoms with E-state index in [-0.39, 0.29) is 5.82 Å². The minimum Gasteiger partial charge on any atom is -0.310 e. The van der Waals surface area contributed by atoms with Crippen LogP contribution in [0, 0.1) is 5.82 Å². The summed E-state index contributed by atoms with van der Waals surface area (Å²) in [6, 6.07) is 4.88. The van der Waals surface area contributed by atoms with Gasteiger partial charge in [-0.15, -0.1) is 0 Å². The van der Waals surface area contributed by atoms with Gasteiger partial charge in [-0.3, -0.25) is 0 Å². The maximum Gasteiger partial charge on any atom is 0.124 e. The first-order valence-electron chi connectivity index (χ1n) is 3.96. The molecule has 0 saturated carbocycles. The van der Waals surface area contributed by atoms with Crippen LogP contribution in [-0.2, 0) is 0 Å². The number of halogens is 2. The Bertz CT molecular complexity index is 297. The van der Waals surface area contributed by atoms with E-state index in [0.29, 0.717) is 11.1 Å². The third-order valence-electron chi connectivity index (χ3n) is 2.16. The van der Waals surface area contributed by atoms with Crippen LogP contribution in [0.25, 0.3) is 0 Å². The molecule has 1 heterocycles. The summed E-state index contributed by atoms with van der Waals surface area (Å²) in [5.74, 6) is -0.275. The largest absolute Gasteiger partial charge is 0.310 e. The lowest BCUT2D eigenvalue weighted by molar-refractivity contribution is 0.383. The molecular weight excluding hydrogens is 177 g/mol. The van der Waals surface area contributed by atoms with E-state index in [0.717, 1.165) is 18.5 Å². The van der Waals surface area contributed by atoms with E-state index in [9.17, 15) is 4.39 Å². The lowest BCUT2D eigenvalue weighted by Gasteiger charge is -2.28. The number of benzene rings is 1. The highest BCUT2D eigenvalue weighted by Gasteiger charge is 2.20. The van der Waals surface area contributed by atoms with Crippen LogP contribution in [0.2, 0.25) is 5.02 Å². The molecule has 12 heavy (non-hydrogen) atoms. The molecular formula is C9H9ClFN. The molecule has 0 aromatic heterocycles. The van der Waals surface area contributed by atoms with Crippen LogP contribution in [0.5, 0.6) is 0 Å². The first-order chi connectivity index (χ1) is 5.77. The molecule has 0 spiro atoms. The molecule has 1 aromatic rings. The van der Waals surface area contributed by atoms with Gasteiger partial charge in [0.15, 0.2) is 0 Å². The predicted octanol–water partition coefficient (Wildman–Crippen LogP) is 2.51. The Balaban J connectivity index is 2.31. The van der Waals surface area contributed by atoms with Crippen molar-refractivity contribution in [2.75, 3.05) is 6.54 Å². The number of hydrogen-bond donors (Lipinski definition) is 1. The second-order valence-corrected chi connectivity index (χ2v) is 3.37. The fourth-order valence-corrected chi connectivity index (χ4v) is 1.64. The first kappa shape index (κ1) is 8.02. The van der Waals surface area contributed by atoms with Crippen LogP contribution in [0.3, 0.4) is 0 Å². The summed E-state index contributed by atoms with van der Waals surface area (Å²) in [7, 11) is 0. The normalized spacial score (nSPS) is 22.0. The van der Waals surface area contributed by atoms with Crippen LogP contribution < -0.4 is 5.32 Å². The van der Waals surface area contributed by atoms with Crippen molar-refractivity contribution in [2.24, 2.45) is 0 Å². The topological polar surface area (TPSA) is 12.0 Å². The van der Waals surface area contributed by atoms with E-state index in [1.165, 1.54) is 12.1 Å². The molecule has 1 fully saturated rings.